The van der Waals surface area contributed by atoms with Crippen molar-refractivity contribution < 1.29 is 0 Å². The zero-order chi connectivity index (χ0) is 18.4. The summed E-state index contributed by atoms with van der Waals surface area (Å²) in [6.45, 7) is 12.5. The van der Waals surface area contributed by atoms with E-state index in [9.17, 15) is 0 Å². The molecule has 0 aliphatic carbocycles. The zero-order valence-corrected chi connectivity index (χ0v) is 16.1. The van der Waals surface area contributed by atoms with Crippen LogP contribution >= 0.6 is 0 Å². The number of anilines is 2. The van der Waals surface area contributed by atoms with E-state index < -0.39 is 0 Å². The molecule has 1 aliphatic heterocycles. The monoisotopic (exact) mass is 349 g/mol. The van der Waals surface area contributed by atoms with Crippen molar-refractivity contribution in [2.75, 3.05) is 36.5 Å². The number of aryl methyl sites for hydroxylation is 2. The average Bonchev–Trinajstić information content (AvgIpc) is 2.68. The number of hydrogen-bond donors (Lipinski definition) is 2. The Hall–Kier alpha value is -2.26. The molecule has 0 unspecified atom stereocenters. The molecule has 0 atom stereocenters. The smallest absolute Gasteiger partial charge is 0.0682 e. The van der Waals surface area contributed by atoms with E-state index in [1.165, 1.54) is 46.5 Å². The van der Waals surface area contributed by atoms with Crippen LogP contribution in [0.5, 0.6) is 0 Å². The molecule has 138 valence electrons. The summed E-state index contributed by atoms with van der Waals surface area (Å²) in [5.74, 6) is 0. The minimum atomic E-state index is 0.862. The highest BCUT2D eigenvalue weighted by Crippen LogP contribution is 2.26. The van der Waals surface area contributed by atoms with Crippen molar-refractivity contribution in [3.8, 4) is 0 Å². The van der Waals surface area contributed by atoms with Gasteiger partial charge in [-0.05, 0) is 74.1 Å². The third-order valence-corrected chi connectivity index (χ3v) is 5.14. The topological polar surface area (TPSA) is 27.3 Å². The van der Waals surface area contributed by atoms with Crippen LogP contribution in [0.2, 0.25) is 0 Å². The molecule has 1 aliphatic rings. The summed E-state index contributed by atoms with van der Waals surface area (Å²) in [4.78, 5) is 2.35. The number of fused-ring (bicyclic) bond motifs is 1. The summed E-state index contributed by atoms with van der Waals surface area (Å²) in [5.41, 5.74) is 7.78. The first-order valence-electron chi connectivity index (χ1n) is 9.74. The summed E-state index contributed by atoms with van der Waals surface area (Å²) >= 11 is 0. The molecule has 3 nitrogen and oxygen atoms in total. The highest BCUT2D eigenvalue weighted by molar-refractivity contribution is 5.68. The van der Waals surface area contributed by atoms with E-state index in [4.69, 9.17) is 0 Å². The van der Waals surface area contributed by atoms with Crippen LogP contribution in [0.15, 0.2) is 49.0 Å². The van der Waals surface area contributed by atoms with Gasteiger partial charge in [-0.25, -0.2) is 0 Å². The SMILES string of the molecule is C=C(CCNCN(CC)c1ccc(C)cc1)c1ccc2c(c1)CCCN2. The molecule has 3 rings (SSSR count). The summed E-state index contributed by atoms with van der Waals surface area (Å²) in [5, 5.41) is 7.04. The second-order valence-corrected chi connectivity index (χ2v) is 7.11. The van der Waals surface area contributed by atoms with Gasteiger partial charge in [-0.3, -0.25) is 5.32 Å². The third kappa shape index (κ3) is 4.67. The van der Waals surface area contributed by atoms with Crippen LogP contribution in [-0.4, -0.2) is 26.3 Å². The second kappa shape index (κ2) is 8.91. The highest BCUT2D eigenvalue weighted by atomic mass is 15.2. The average molecular weight is 350 g/mol. The Balaban J connectivity index is 1.48. The summed E-state index contributed by atoms with van der Waals surface area (Å²) < 4.78 is 0. The number of nitrogens with zero attached hydrogens (tertiary/aromatic N) is 1. The van der Waals surface area contributed by atoms with E-state index in [0.717, 1.165) is 32.7 Å². The second-order valence-electron chi connectivity index (χ2n) is 7.11. The molecule has 0 saturated carbocycles. The molecular formula is C23H31N3. The molecule has 0 radical (unpaired) electrons. The lowest BCUT2D eigenvalue weighted by atomic mass is 9.96. The largest absolute Gasteiger partial charge is 0.385 e. The first-order chi connectivity index (χ1) is 12.7. The van der Waals surface area contributed by atoms with Crippen LogP contribution < -0.4 is 15.5 Å². The molecule has 0 amide bonds. The lowest BCUT2D eigenvalue weighted by molar-refractivity contribution is 0.662. The van der Waals surface area contributed by atoms with Crippen LogP contribution in [0.3, 0.4) is 0 Å². The maximum absolute atomic E-state index is 4.30. The predicted molar refractivity (Wildman–Crippen MR) is 114 cm³/mol. The third-order valence-electron chi connectivity index (χ3n) is 5.14. The van der Waals surface area contributed by atoms with Gasteiger partial charge in [0.1, 0.15) is 0 Å². The number of rotatable bonds is 8. The van der Waals surface area contributed by atoms with E-state index in [0.29, 0.717) is 0 Å². The lowest BCUT2D eigenvalue weighted by Crippen LogP contribution is -2.34. The van der Waals surface area contributed by atoms with Crippen molar-refractivity contribution in [3.05, 3.63) is 65.7 Å². The minimum absolute atomic E-state index is 0.862. The van der Waals surface area contributed by atoms with Gasteiger partial charge in [-0.2, -0.15) is 0 Å². The maximum Gasteiger partial charge on any atom is 0.0682 e. The summed E-state index contributed by atoms with van der Waals surface area (Å²) in [6.07, 6.45) is 3.36. The molecule has 0 aromatic heterocycles. The van der Waals surface area contributed by atoms with Crippen LogP contribution in [0.25, 0.3) is 5.57 Å². The van der Waals surface area contributed by atoms with Crippen molar-refractivity contribution in [1.82, 2.24) is 5.32 Å². The summed E-state index contributed by atoms with van der Waals surface area (Å²) in [6, 6.07) is 15.5. The molecule has 3 heteroatoms. The van der Waals surface area contributed by atoms with Crippen molar-refractivity contribution in [2.24, 2.45) is 0 Å². The number of nitrogens with one attached hydrogen (secondary N) is 2. The Labute approximate surface area is 158 Å². The van der Waals surface area contributed by atoms with Gasteiger partial charge in [-0.1, -0.05) is 30.3 Å². The lowest BCUT2D eigenvalue weighted by Gasteiger charge is -2.24. The fourth-order valence-corrected chi connectivity index (χ4v) is 3.43. The standard InChI is InChI=1S/C23H31N3/c1-4-26(22-10-7-18(2)8-11-22)17-24-15-13-19(3)20-9-12-23-21(16-20)6-5-14-25-23/h7-12,16,24-25H,3-6,13-15,17H2,1-2H3. The normalized spacial score (nSPS) is 13.0. The van der Waals surface area contributed by atoms with Crippen LogP contribution in [0.4, 0.5) is 11.4 Å². The molecule has 2 aromatic carbocycles. The zero-order valence-electron chi connectivity index (χ0n) is 16.1. The molecule has 0 saturated heterocycles. The van der Waals surface area contributed by atoms with E-state index in [1.54, 1.807) is 0 Å². The van der Waals surface area contributed by atoms with E-state index in [1.807, 2.05) is 0 Å². The fourth-order valence-electron chi connectivity index (χ4n) is 3.43. The minimum Gasteiger partial charge on any atom is -0.385 e. The van der Waals surface area contributed by atoms with Gasteiger partial charge in [0, 0.05) is 31.0 Å². The summed E-state index contributed by atoms with van der Waals surface area (Å²) in [7, 11) is 0. The Morgan fingerprint density at radius 3 is 2.77 bits per heavy atom. The first kappa shape index (κ1) is 18.5. The van der Waals surface area contributed by atoms with Gasteiger partial charge in [0.25, 0.3) is 0 Å². The number of hydrogen-bond acceptors (Lipinski definition) is 3. The van der Waals surface area contributed by atoms with Gasteiger partial charge >= 0.3 is 0 Å². The molecule has 2 N–H and O–H groups in total. The van der Waals surface area contributed by atoms with Crippen molar-refractivity contribution in [2.45, 2.75) is 33.1 Å². The number of benzene rings is 2. The fraction of sp³-hybridized carbons (Fsp3) is 0.391. The quantitative estimate of drug-likeness (QED) is 0.528. The van der Waals surface area contributed by atoms with Crippen molar-refractivity contribution >= 4 is 16.9 Å². The van der Waals surface area contributed by atoms with Crippen LogP contribution in [0, 0.1) is 6.92 Å². The molecule has 0 bridgehead atoms. The van der Waals surface area contributed by atoms with E-state index in [2.05, 4.69) is 78.4 Å². The van der Waals surface area contributed by atoms with E-state index in [-0.39, 0.29) is 0 Å². The van der Waals surface area contributed by atoms with E-state index >= 15 is 0 Å². The maximum atomic E-state index is 4.30. The van der Waals surface area contributed by atoms with Gasteiger partial charge in [0.15, 0.2) is 0 Å². The molecule has 2 aromatic rings. The predicted octanol–water partition coefficient (Wildman–Crippen LogP) is 4.83. The Morgan fingerprint density at radius 2 is 2.00 bits per heavy atom. The van der Waals surface area contributed by atoms with Gasteiger partial charge in [-0.15, -0.1) is 0 Å². The molecular weight excluding hydrogens is 318 g/mol. The molecule has 1 heterocycles. The molecule has 0 spiro atoms. The van der Waals surface area contributed by atoms with Crippen molar-refractivity contribution in [1.29, 1.82) is 0 Å². The first-order valence-corrected chi connectivity index (χ1v) is 9.74. The van der Waals surface area contributed by atoms with Gasteiger partial charge in [0.05, 0.1) is 6.67 Å². The van der Waals surface area contributed by atoms with Gasteiger partial charge < -0.3 is 10.2 Å². The van der Waals surface area contributed by atoms with Crippen molar-refractivity contribution in [3.63, 3.8) is 0 Å². The Morgan fingerprint density at radius 1 is 1.19 bits per heavy atom. The Bertz CT molecular complexity index is 734. The highest BCUT2D eigenvalue weighted by Gasteiger charge is 2.10. The Kier molecular flexibility index (Phi) is 6.35. The molecule has 26 heavy (non-hydrogen) atoms. The molecule has 0 fully saturated rings. The van der Waals surface area contributed by atoms with Gasteiger partial charge in [0.2, 0.25) is 0 Å². The van der Waals surface area contributed by atoms with Crippen LogP contribution in [-0.2, 0) is 6.42 Å². The van der Waals surface area contributed by atoms with Crippen LogP contribution in [0.1, 0.15) is 36.5 Å².